The third-order valence-corrected chi connectivity index (χ3v) is 8.96. The number of nitrogens with zero attached hydrogens (tertiary/aromatic N) is 4. The lowest BCUT2D eigenvalue weighted by Crippen LogP contribution is -2.47. The van der Waals surface area contributed by atoms with Gasteiger partial charge in [-0.1, -0.05) is 37.6 Å². The van der Waals surface area contributed by atoms with Crippen molar-refractivity contribution < 1.29 is 36.7 Å². The van der Waals surface area contributed by atoms with Crippen molar-refractivity contribution in [2.24, 2.45) is 5.41 Å². The maximum atomic E-state index is 13.5. The second kappa shape index (κ2) is 14.8. The van der Waals surface area contributed by atoms with Gasteiger partial charge in [-0.15, -0.1) is 0 Å². The van der Waals surface area contributed by atoms with Crippen LogP contribution in [-0.2, 0) is 21.5 Å². The topological polar surface area (TPSA) is 150 Å². The number of ether oxygens (including phenoxy) is 1. The smallest absolute Gasteiger partial charge is 0.422 e. The summed E-state index contributed by atoms with van der Waals surface area (Å²) in [5.41, 5.74) is 1.65. The average Bonchev–Trinajstić information content (AvgIpc) is 3.77. The van der Waals surface area contributed by atoms with E-state index in [0.29, 0.717) is 33.9 Å². The minimum Gasteiger partial charge on any atom is -0.454 e. The number of nitrogens with one attached hydrogen (secondary N) is 4. The molecule has 1 aliphatic heterocycles. The van der Waals surface area contributed by atoms with Gasteiger partial charge in [0.2, 0.25) is 11.9 Å². The van der Waals surface area contributed by atoms with Gasteiger partial charge in [0, 0.05) is 41.6 Å². The Hall–Kier alpha value is -5.51. The molecule has 12 nitrogen and oxygen atoms in total. The quantitative estimate of drug-likeness (QED) is 0.102. The molecule has 1 aliphatic carbocycles. The third-order valence-electron chi connectivity index (χ3n) is 8.71. The molecule has 53 heavy (non-hydrogen) atoms. The summed E-state index contributed by atoms with van der Waals surface area (Å²) in [6.07, 6.45) is -2.70. The first kappa shape index (κ1) is 37.3. The minimum absolute atomic E-state index is 0.00403. The van der Waals surface area contributed by atoms with Crippen molar-refractivity contribution >= 4 is 52.6 Å². The van der Waals surface area contributed by atoms with E-state index in [0.717, 1.165) is 18.4 Å². The Morgan fingerprint density at radius 2 is 1.58 bits per heavy atom. The third kappa shape index (κ3) is 9.49. The van der Waals surface area contributed by atoms with Gasteiger partial charge in [0.15, 0.2) is 6.61 Å². The van der Waals surface area contributed by atoms with E-state index >= 15 is 0 Å². The van der Waals surface area contributed by atoms with Crippen molar-refractivity contribution in [1.29, 1.82) is 0 Å². The van der Waals surface area contributed by atoms with Gasteiger partial charge in [0.1, 0.15) is 5.82 Å². The number of halogens is 5. The SMILES string of the molecule is CC(C)(CNC(=O)C(=O)N1CCc2cc(F)ccc21)CNC(=O)c1ccc(Nc2nc(NC3(c4ccc(Cl)cc4)CC3)nc(OCC(F)(F)F)n2)cc1. The van der Waals surface area contributed by atoms with Crippen LogP contribution in [0.15, 0.2) is 66.7 Å². The summed E-state index contributed by atoms with van der Waals surface area (Å²) in [7, 11) is 0. The fraction of sp³-hybridized carbons (Fsp3) is 0.333. The Labute approximate surface area is 306 Å². The summed E-state index contributed by atoms with van der Waals surface area (Å²) in [4.78, 5) is 52.2. The number of carbonyl (C=O) groups excluding carboxylic acids is 3. The Bertz CT molecular complexity index is 2010. The zero-order valence-corrected chi connectivity index (χ0v) is 29.4. The molecule has 1 aromatic heterocycles. The highest BCUT2D eigenvalue weighted by molar-refractivity contribution is 6.40. The van der Waals surface area contributed by atoms with E-state index in [9.17, 15) is 31.9 Å². The minimum atomic E-state index is -4.61. The highest BCUT2D eigenvalue weighted by Gasteiger charge is 2.45. The Balaban J connectivity index is 1.04. The lowest BCUT2D eigenvalue weighted by Gasteiger charge is -2.26. The highest BCUT2D eigenvalue weighted by atomic mass is 35.5. The molecule has 3 amide bonds. The molecule has 4 aromatic rings. The molecule has 278 valence electrons. The number of anilines is 4. The van der Waals surface area contributed by atoms with Gasteiger partial charge in [-0.05, 0) is 90.4 Å². The van der Waals surface area contributed by atoms with Crippen molar-refractivity contribution in [3.05, 3.63) is 94.3 Å². The van der Waals surface area contributed by atoms with E-state index in [-0.39, 0.29) is 31.5 Å². The maximum Gasteiger partial charge on any atom is 0.422 e. The molecule has 0 spiro atoms. The molecule has 0 bridgehead atoms. The summed E-state index contributed by atoms with van der Waals surface area (Å²) in [6, 6.07) is 16.9. The number of alkyl halides is 3. The van der Waals surface area contributed by atoms with E-state index < -0.39 is 53.3 Å². The van der Waals surface area contributed by atoms with Crippen LogP contribution >= 0.6 is 11.6 Å². The lowest BCUT2D eigenvalue weighted by atomic mass is 9.93. The van der Waals surface area contributed by atoms with Crippen LogP contribution in [-0.4, -0.2) is 65.1 Å². The van der Waals surface area contributed by atoms with Crippen LogP contribution in [0.3, 0.4) is 0 Å². The number of hydrogen-bond acceptors (Lipinski definition) is 9. The van der Waals surface area contributed by atoms with Gasteiger partial charge in [-0.3, -0.25) is 14.4 Å². The van der Waals surface area contributed by atoms with Gasteiger partial charge < -0.3 is 30.9 Å². The van der Waals surface area contributed by atoms with Crippen molar-refractivity contribution in [3.8, 4) is 6.01 Å². The Morgan fingerprint density at radius 3 is 2.26 bits per heavy atom. The number of benzene rings is 3. The van der Waals surface area contributed by atoms with Crippen LogP contribution in [0.2, 0.25) is 5.02 Å². The predicted molar refractivity (Wildman–Crippen MR) is 189 cm³/mol. The first-order valence-electron chi connectivity index (χ1n) is 16.6. The molecule has 1 fully saturated rings. The van der Waals surface area contributed by atoms with Gasteiger partial charge >= 0.3 is 24.0 Å². The average molecular weight is 755 g/mol. The largest absolute Gasteiger partial charge is 0.454 e. The number of rotatable bonds is 12. The highest BCUT2D eigenvalue weighted by Crippen LogP contribution is 2.48. The molecule has 1 saturated carbocycles. The van der Waals surface area contributed by atoms with Gasteiger partial charge in [-0.2, -0.15) is 28.1 Å². The van der Waals surface area contributed by atoms with Crippen LogP contribution in [0.1, 0.15) is 48.2 Å². The Kier molecular flexibility index (Phi) is 10.4. The summed E-state index contributed by atoms with van der Waals surface area (Å²) in [6.45, 7) is 2.54. The first-order chi connectivity index (χ1) is 25.1. The Morgan fingerprint density at radius 1 is 0.906 bits per heavy atom. The summed E-state index contributed by atoms with van der Waals surface area (Å²) < 4.78 is 57.2. The molecule has 0 radical (unpaired) electrons. The number of fused-ring (bicyclic) bond motifs is 1. The zero-order chi connectivity index (χ0) is 38.0. The molecular formula is C36H35ClF4N8O4. The van der Waals surface area contributed by atoms with Crippen molar-refractivity contribution in [3.63, 3.8) is 0 Å². The van der Waals surface area contributed by atoms with Crippen LogP contribution in [0.5, 0.6) is 6.01 Å². The molecular weight excluding hydrogens is 720 g/mol. The number of carbonyl (C=O) groups is 3. The molecule has 17 heteroatoms. The van der Waals surface area contributed by atoms with E-state index in [2.05, 4.69) is 36.2 Å². The molecule has 2 heterocycles. The van der Waals surface area contributed by atoms with Crippen LogP contribution < -0.4 is 30.9 Å². The van der Waals surface area contributed by atoms with Crippen molar-refractivity contribution in [2.45, 2.75) is 44.8 Å². The second-order valence-electron chi connectivity index (χ2n) is 13.6. The summed E-state index contributed by atoms with van der Waals surface area (Å²) in [5, 5.41) is 12.1. The van der Waals surface area contributed by atoms with E-state index in [4.69, 9.17) is 16.3 Å². The van der Waals surface area contributed by atoms with E-state index in [1.165, 1.54) is 35.2 Å². The normalized spacial score (nSPS) is 14.6. The van der Waals surface area contributed by atoms with E-state index in [1.54, 1.807) is 24.3 Å². The van der Waals surface area contributed by atoms with Crippen LogP contribution in [0, 0.1) is 11.2 Å². The van der Waals surface area contributed by atoms with Gasteiger partial charge in [0.05, 0.1) is 5.54 Å². The predicted octanol–water partition coefficient (Wildman–Crippen LogP) is 5.91. The molecule has 3 aromatic carbocycles. The molecule has 6 rings (SSSR count). The lowest BCUT2D eigenvalue weighted by molar-refractivity contribution is -0.154. The zero-order valence-electron chi connectivity index (χ0n) is 28.6. The molecule has 0 atom stereocenters. The summed E-state index contributed by atoms with van der Waals surface area (Å²) in [5.74, 6) is -2.45. The maximum absolute atomic E-state index is 13.5. The molecule has 0 saturated heterocycles. The fourth-order valence-electron chi connectivity index (χ4n) is 5.69. The molecule has 2 aliphatic rings. The summed E-state index contributed by atoms with van der Waals surface area (Å²) >= 11 is 6.03. The first-order valence-corrected chi connectivity index (χ1v) is 17.0. The van der Waals surface area contributed by atoms with Crippen LogP contribution in [0.25, 0.3) is 0 Å². The number of amides is 3. The standard InChI is InChI=1S/C36H35ClF4N8O4/c1-34(2,19-43-29(51)30(52)49-16-13-22-17-25(38)9-12-27(22)49)18-42-28(50)21-3-10-26(11-4-21)44-31-45-32(47-33(46-31)53-20-36(39,40)41)48-35(14-15-35)23-5-7-24(37)8-6-23/h3-12,17H,13-16,18-20H2,1-2H3,(H,42,50)(H,43,51)(H2,44,45,46,47,48). The van der Waals surface area contributed by atoms with Crippen LogP contribution in [0.4, 0.5) is 40.8 Å². The monoisotopic (exact) mass is 754 g/mol. The van der Waals surface area contributed by atoms with Gasteiger partial charge in [-0.25, -0.2) is 4.39 Å². The van der Waals surface area contributed by atoms with Crippen molar-refractivity contribution in [1.82, 2.24) is 25.6 Å². The van der Waals surface area contributed by atoms with Crippen molar-refractivity contribution in [2.75, 3.05) is 41.8 Å². The number of hydrogen-bond donors (Lipinski definition) is 4. The van der Waals surface area contributed by atoms with E-state index in [1.807, 2.05) is 26.0 Å². The molecule has 0 unspecified atom stereocenters. The number of aromatic nitrogens is 3. The van der Waals surface area contributed by atoms with Gasteiger partial charge in [0.25, 0.3) is 5.91 Å². The second-order valence-corrected chi connectivity index (χ2v) is 14.0. The molecule has 4 N–H and O–H groups in total. The fourth-order valence-corrected chi connectivity index (χ4v) is 5.82.